The standard InChI is InChI=1S/C13H16F2N6O3/c1-3-19-6-9(5-17-19)4-16-10(22)7-20-8(2)12(21(23)24)11(18-20)13(14)15/h5-6,13H,3-4,7H2,1-2H3,(H,16,22). The van der Waals surface area contributed by atoms with E-state index in [9.17, 15) is 23.7 Å². The van der Waals surface area contributed by atoms with Crippen LogP contribution in [0.4, 0.5) is 14.5 Å². The Morgan fingerprint density at radius 3 is 2.71 bits per heavy atom. The second-order valence-electron chi connectivity index (χ2n) is 5.02. The number of nitrogens with zero attached hydrogens (tertiary/aromatic N) is 5. The minimum atomic E-state index is -3.09. The van der Waals surface area contributed by atoms with Gasteiger partial charge in [-0.1, -0.05) is 0 Å². The van der Waals surface area contributed by atoms with Crippen LogP contribution >= 0.6 is 0 Å². The van der Waals surface area contributed by atoms with Crippen molar-refractivity contribution in [2.45, 2.75) is 39.9 Å². The Morgan fingerprint density at radius 2 is 2.21 bits per heavy atom. The molecule has 0 fully saturated rings. The van der Waals surface area contributed by atoms with Crippen molar-refractivity contribution in [3.63, 3.8) is 0 Å². The van der Waals surface area contributed by atoms with Crippen LogP contribution in [0.2, 0.25) is 0 Å². The van der Waals surface area contributed by atoms with Crippen molar-refractivity contribution in [2.24, 2.45) is 0 Å². The predicted octanol–water partition coefficient (Wildman–Crippen LogP) is 1.57. The second-order valence-corrected chi connectivity index (χ2v) is 5.02. The zero-order valence-electron chi connectivity index (χ0n) is 13.1. The zero-order chi connectivity index (χ0) is 17.9. The van der Waals surface area contributed by atoms with E-state index >= 15 is 0 Å². The van der Waals surface area contributed by atoms with Crippen LogP contribution in [0, 0.1) is 17.0 Å². The number of carbonyl (C=O) groups is 1. The van der Waals surface area contributed by atoms with Gasteiger partial charge in [0, 0.05) is 24.8 Å². The Hall–Kier alpha value is -2.85. The fraction of sp³-hybridized carbons (Fsp3) is 0.462. The molecule has 2 aromatic heterocycles. The van der Waals surface area contributed by atoms with Gasteiger partial charge in [-0.15, -0.1) is 0 Å². The third-order valence-corrected chi connectivity index (χ3v) is 3.38. The van der Waals surface area contributed by atoms with Crippen molar-refractivity contribution >= 4 is 11.6 Å². The molecule has 0 atom stereocenters. The number of nitro groups is 1. The number of alkyl halides is 2. The fourth-order valence-electron chi connectivity index (χ4n) is 2.15. The molecule has 0 unspecified atom stereocenters. The molecule has 2 aromatic rings. The van der Waals surface area contributed by atoms with Crippen LogP contribution in [-0.2, 0) is 24.4 Å². The molecule has 0 aliphatic rings. The summed E-state index contributed by atoms with van der Waals surface area (Å²) >= 11 is 0. The summed E-state index contributed by atoms with van der Waals surface area (Å²) in [4.78, 5) is 21.9. The number of carbonyl (C=O) groups excluding carboxylic acids is 1. The normalized spacial score (nSPS) is 11.0. The van der Waals surface area contributed by atoms with Gasteiger partial charge in [-0.3, -0.25) is 24.3 Å². The van der Waals surface area contributed by atoms with E-state index in [2.05, 4.69) is 15.5 Å². The van der Waals surface area contributed by atoms with E-state index in [-0.39, 0.29) is 18.8 Å². The van der Waals surface area contributed by atoms with Gasteiger partial charge < -0.3 is 5.32 Å². The topological polar surface area (TPSA) is 108 Å². The van der Waals surface area contributed by atoms with E-state index in [1.54, 1.807) is 17.1 Å². The Balaban J connectivity index is 2.06. The fourth-order valence-corrected chi connectivity index (χ4v) is 2.15. The van der Waals surface area contributed by atoms with Crippen LogP contribution in [0.3, 0.4) is 0 Å². The lowest BCUT2D eigenvalue weighted by Gasteiger charge is -2.05. The molecule has 0 radical (unpaired) electrons. The van der Waals surface area contributed by atoms with Crippen LogP contribution in [0.1, 0.15) is 30.3 Å². The summed E-state index contributed by atoms with van der Waals surface area (Å²) in [7, 11) is 0. The quantitative estimate of drug-likeness (QED) is 0.607. The second kappa shape index (κ2) is 7.15. The third kappa shape index (κ3) is 3.73. The molecule has 0 aliphatic heterocycles. The summed E-state index contributed by atoms with van der Waals surface area (Å²) in [5, 5.41) is 21.0. The van der Waals surface area contributed by atoms with E-state index in [0.717, 1.165) is 10.2 Å². The van der Waals surface area contributed by atoms with E-state index < -0.39 is 28.6 Å². The van der Waals surface area contributed by atoms with Crippen LogP contribution < -0.4 is 5.32 Å². The average molecular weight is 342 g/mol. The van der Waals surface area contributed by atoms with E-state index in [0.29, 0.717) is 6.54 Å². The highest BCUT2D eigenvalue weighted by Crippen LogP contribution is 2.30. The van der Waals surface area contributed by atoms with Crippen LogP contribution in [0.25, 0.3) is 0 Å². The van der Waals surface area contributed by atoms with E-state index in [1.165, 1.54) is 6.92 Å². The molecule has 1 N–H and O–H groups in total. The average Bonchev–Trinajstić information content (AvgIpc) is 3.10. The van der Waals surface area contributed by atoms with Gasteiger partial charge in [-0.2, -0.15) is 10.2 Å². The number of hydrogen-bond donors (Lipinski definition) is 1. The minimum absolute atomic E-state index is 0.0933. The van der Waals surface area contributed by atoms with E-state index in [4.69, 9.17) is 0 Å². The molecule has 0 saturated carbocycles. The van der Waals surface area contributed by atoms with Crippen molar-refractivity contribution < 1.29 is 18.5 Å². The lowest BCUT2D eigenvalue weighted by molar-refractivity contribution is -0.386. The Labute approximate surface area is 135 Å². The first-order valence-electron chi connectivity index (χ1n) is 7.11. The first-order valence-corrected chi connectivity index (χ1v) is 7.11. The number of halogens is 2. The molecule has 0 saturated heterocycles. The summed E-state index contributed by atoms with van der Waals surface area (Å²) in [6.07, 6.45) is 0.273. The van der Waals surface area contributed by atoms with Gasteiger partial charge in [0.25, 0.3) is 6.43 Å². The first kappa shape index (κ1) is 17.5. The van der Waals surface area contributed by atoms with Crippen molar-refractivity contribution in [1.29, 1.82) is 0 Å². The highest BCUT2D eigenvalue weighted by atomic mass is 19.3. The number of rotatable bonds is 7. The molecule has 0 bridgehead atoms. The summed E-state index contributed by atoms with van der Waals surface area (Å²) in [6, 6.07) is 0. The van der Waals surface area contributed by atoms with Crippen LogP contribution in [0.5, 0.6) is 0 Å². The molecule has 24 heavy (non-hydrogen) atoms. The van der Waals surface area contributed by atoms with Gasteiger partial charge in [-0.05, 0) is 13.8 Å². The molecule has 11 heteroatoms. The van der Waals surface area contributed by atoms with Gasteiger partial charge >= 0.3 is 5.69 Å². The summed E-state index contributed by atoms with van der Waals surface area (Å²) < 4.78 is 28.3. The maximum Gasteiger partial charge on any atom is 0.319 e. The van der Waals surface area contributed by atoms with Crippen molar-refractivity contribution in [1.82, 2.24) is 24.9 Å². The zero-order valence-corrected chi connectivity index (χ0v) is 13.1. The SMILES string of the molecule is CCn1cc(CNC(=O)Cn2nc(C(F)F)c([N+](=O)[O-])c2C)cn1. The van der Waals surface area contributed by atoms with Gasteiger partial charge in [-0.25, -0.2) is 8.78 Å². The Kier molecular flexibility index (Phi) is 5.21. The third-order valence-electron chi connectivity index (χ3n) is 3.38. The highest BCUT2D eigenvalue weighted by Gasteiger charge is 2.31. The van der Waals surface area contributed by atoms with Crippen molar-refractivity contribution in [3.8, 4) is 0 Å². The molecule has 2 rings (SSSR count). The Morgan fingerprint density at radius 1 is 1.50 bits per heavy atom. The monoisotopic (exact) mass is 342 g/mol. The molecule has 1 amide bonds. The predicted molar refractivity (Wildman–Crippen MR) is 78.3 cm³/mol. The molecule has 0 aromatic carbocycles. The lowest BCUT2D eigenvalue weighted by Crippen LogP contribution is -2.27. The smallest absolute Gasteiger partial charge is 0.319 e. The molecule has 2 heterocycles. The Bertz CT molecular complexity index is 755. The number of amides is 1. The number of hydrogen-bond acceptors (Lipinski definition) is 5. The summed E-state index contributed by atoms with van der Waals surface area (Å²) in [5.41, 5.74) is -1.01. The number of nitrogens with one attached hydrogen (secondary N) is 1. The first-order chi connectivity index (χ1) is 11.3. The van der Waals surface area contributed by atoms with Crippen molar-refractivity contribution in [2.75, 3.05) is 0 Å². The number of aromatic nitrogens is 4. The molecular weight excluding hydrogens is 326 g/mol. The molecular formula is C13H16F2N6O3. The molecule has 9 nitrogen and oxygen atoms in total. The van der Waals surface area contributed by atoms with Crippen LogP contribution in [-0.4, -0.2) is 30.4 Å². The summed E-state index contributed by atoms with van der Waals surface area (Å²) in [6.45, 7) is 3.71. The lowest BCUT2D eigenvalue weighted by atomic mass is 10.3. The van der Waals surface area contributed by atoms with Gasteiger partial charge in [0.05, 0.1) is 11.1 Å². The molecule has 0 spiro atoms. The van der Waals surface area contributed by atoms with Gasteiger partial charge in [0.1, 0.15) is 12.2 Å². The molecule has 0 aliphatic carbocycles. The maximum absolute atomic E-state index is 12.8. The summed E-state index contributed by atoms with van der Waals surface area (Å²) in [5.74, 6) is -0.499. The minimum Gasteiger partial charge on any atom is -0.350 e. The van der Waals surface area contributed by atoms with E-state index in [1.807, 2.05) is 6.92 Å². The largest absolute Gasteiger partial charge is 0.350 e. The van der Waals surface area contributed by atoms with Gasteiger partial charge in [0.2, 0.25) is 11.6 Å². The van der Waals surface area contributed by atoms with Crippen molar-refractivity contribution in [3.05, 3.63) is 39.5 Å². The maximum atomic E-state index is 12.8. The number of aryl methyl sites for hydroxylation is 1. The highest BCUT2D eigenvalue weighted by molar-refractivity contribution is 5.75. The van der Waals surface area contributed by atoms with Crippen LogP contribution in [0.15, 0.2) is 12.4 Å². The molecule has 130 valence electrons. The van der Waals surface area contributed by atoms with Gasteiger partial charge in [0.15, 0.2) is 0 Å².